The average Bonchev–Trinajstić information content (AvgIpc) is 3.02. The Balaban J connectivity index is 1.46. The molecule has 0 radical (unpaired) electrons. The molecule has 0 aromatic heterocycles. The van der Waals surface area contributed by atoms with Crippen LogP contribution >= 0.6 is 15.9 Å². The van der Waals surface area contributed by atoms with Crippen LogP contribution in [-0.4, -0.2) is 31.5 Å². The van der Waals surface area contributed by atoms with Crippen molar-refractivity contribution in [2.24, 2.45) is 5.92 Å². The Hall–Kier alpha value is -2.41. The monoisotopic (exact) mass is 420 g/mol. The van der Waals surface area contributed by atoms with Gasteiger partial charge in [0.05, 0.1) is 12.5 Å². The van der Waals surface area contributed by atoms with Crippen molar-refractivity contribution in [2.75, 3.05) is 24.6 Å². The molecular weight excluding hydrogens is 403 g/mol. The van der Waals surface area contributed by atoms with Gasteiger partial charge in [-0.1, -0.05) is 22.0 Å². The summed E-state index contributed by atoms with van der Waals surface area (Å²) in [5, 5.41) is 2.78. The van der Waals surface area contributed by atoms with Crippen LogP contribution in [0.25, 0.3) is 0 Å². The zero-order chi connectivity index (χ0) is 18.5. The van der Waals surface area contributed by atoms with Gasteiger partial charge in [0.25, 0.3) is 0 Å². The van der Waals surface area contributed by atoms with Crippen LogP contribution in [0.15, 0.2) is 53.0 Å². The fraction of sp³-hybridized carbons (Fsp3) is 0.263. The van der Waals surface area contributed by atoms with Gasteiger partial charge in [0.2, 0.25) is 11.8 Å². The molecule has 3 rings (SSSR count). The lowest BCUT2D eigenvalue weighted by molar-refractivity contribution is -0.126. The van der Waals surface area contributed by atoms with Gasteiger partial charge in [-0.2, -0.15) is 0 Å². The van der Waals surface area contributed by atoms with Crippen LogP contribution < -0.4 is 15.0 Å². The van der Waals surface area contributed by atoms with Gasteiger partial charge in [0, 0.05) is 23.1 Å². The van der Waals surface area contributed by atoms with Crippen LogP contribution in [0.1, 0.15) is 6.42 Å². The second kappa shape index (κ2) is 8.31. The highest BCUT2D eigenvalue weighted by Gasteiger charge is 2.34. The molecule has 2 aromatic rings. The number of carbonyl (C=O) groups is 2. The Kier molecular flexibility index (Phi) is 5.88. The minimum Gasteiger partial charge on any atom is -0.492 e. The lowest BCUT2D eigenvalue weighted by Crippen LogP contribution is -2.35. The van der Waals surface area contributed by atoms with Crippen molar-refractivity contribution < 1.29 is 18.7 Å². The van der Waals surface area contributed by atoms with Gasteiger partial charge in [-0.15, -0.1) is 0 Å². The van der Waals surface area contributed by atoms with Gasteiger partial charge in [-0.25, -0.2) is 4.39 Å². The van der Waals surface area contributed by atoms with Gasteiger partial charge in [-0.3, -0.25) is 9.59 Å². The van der Waals surface area contributed by atoms with Crippen molar-refractivity contribution in [3.63, 3.8) is 0 Å². The van der Waals surface area contributed by atoms with E-state index in [-0.39, 0.29) is 36.6 Å². The average molecular weight is 421 g/mol. The van der Waals surface area contributed by atoms with Crippen LogP contribution in [0.5, 0.6) is 5.75 Å². The first-order valence-electron chi connectivity index (χ1n) is 8.25. The zero-order valence-corrected chi connectivity index (χ0v) is 15.5. The number of benzene rings is 2. The molecule has 0 spiro atoms. The second-order valence-electron chi connectivity index (χ2n) is 5.98. The van der Waals surface area contributed by atoms with Crippen molar-refractivity contribution in [1.29, 1.82) is 0 Å². The van der Waals surface area contributed by atoms with Crippen molar-refractivity contribution in [2.45, 2.75) is 6.42 Å². The summed E-state index contributed by atoms with van der Waals surface area (Å²) in [4.78, 5) is 26.1. The molecule has 1 atom stereocenters. The molecule has 136 valence electrons. The highest BCUT2D eigenvalue weighted by atomic mass is 79.9. The summed E-state index contributed by atoms with van der Waals surface area (Å²) in [5.74, 6) is -0.402. The molecule has 0 bridgehead atoms. The first-order chi connectivity index (χ1) is 12.5. The highest BCUT2D eigenvalue weighted by Crippen LogP contribution is 2.27. The molecule has 1 aliphatic rings. The van der Waals surface area contributed by atoms with E-state index in [0.29, 0.717) is 18.8 Å². The number of rotatable bonds is 6. The second-order valence-corrected chi connectivity index (χ2v) is 6.89. The predicted molar refractivity (Wildman–Crippen MR) is 99.5 cm³/mol. The number of hydrogen-bond donors (Lipinski definition) is 1. The number of ether oxygens (including phenoxy) is 1. The summed E-state index contributed by atoms with van der Waals surface area (Å²) in [5.41, 5.74) is 0.777. The number of hydrogen-bond acceptors (Lipinski definition) is 3. The molecule has 1 saturated heterocycles. The Morgan fingerprint density at radius 3 is 2.77 bits per heavy atom. The number of amides is 2. The number of anilines is 1. The summed E-state index contributed by atoms with van der Waals surface area (Å²) >= 11 is 3.39. The molecule has 0 aliphatic carbocycles. The van der Waals surface area contributed by atoms with Crippen molar-refractivity contribution in [3.05, 3.63) is 58.8 Å². The summed E-state index contributed by atoms with van der Waals surface area (Å²) < 4.78 is 19.1. The third-order valence-corrected chi connectivity index (χ3v) is 4.59. The quantitative estimate of drug-likeness (QED) is 0.730. The Morgan fingerprint density at radius 2 is 2.04 bits per heavy atom. The van der Waals surface area contributed by atoms with Gasteiger partial charge in [0.1, 0.15) is 18.2 Å². The van der Waals surface area contributed by atoms with Crippen LogP contribution in [0, 0.1) is 11.7 Å². The standard InChI is InChI=1S/C19H18BrFN2O3/c20-14-2-1-3-16(11-14)23-12-13(10-18(23)24)19(25)22-8-9-26-17-6-4-15(21)5-7-17/h1-7,11,13H,8-10,12H2,(H,22,25). The normalized spacial score (nSPS) is 16.6. The van der Waals surface area contributed by atoms with Crippen LogP contribution in [0.2, 0.25) is 0 Å². The van der Waals surface area contributed by atoms with E-state index in [2.05, 4.69) is 21.2 Å². The van der Waals surface area contributed by atoms with Crippen LogP contribution in [0.3, 0.4) is 0 Å². The van der Waals surface area contributed by atoms with E-state index in [1.165, 1.54) is 24.3 Å². The van der Waals surface area contributed by atoms with E-state index < -0.39 is 0 Å². The number of nitrogens with one attached hydrogen (secondary N) is 1. The fourth-order valence-corrected chi connectivity index (χ4v) is 3.18. The summed E-state index contributed by atoms with van der Waals surface area (Å²) in [7, 11) is 0. The fourth-order valence-electron chi connectivity index (χ4n) is 2.80. The molecule has 2 aromatic carbocycles. The topological polar surface area (TPSA) is 58.6 Å². The van der Waals surface area contributed by atoms with E-state index in [9.17, 15) is 14.0 Å². The van der Waals surface area contributed by atoms with E-state index in [0.717, 1.165) is 10.2 Å². The predicted octanol–water partition coefficient (Wildman–Crippen LogP) is 3.14. The Morgan fingerprint density at radius 1 is 1.27 bits per heavy atom. The Labute approximate surface area is 159 Å². The minimum atomic E-state index is -0.382. The zero-order valence-electron chi connectivity index (χ0n) is 14.0. The highest BCUT2D eigenvalue weighted by molar-refractivity contribution is 9.10. The Bertz CT molecular complexity index is 798. The number of nitrogens with zero attached hydrogens (tertiary/aromatic N) is 1. The SMILES string of the molecule is O=C(NCCOc1ccc(F)cc1)C1CC(=O)N(c2cccc(Br)c2)C1. The molecule has 1 fully saturated rings. The molecule has 1 N–H and O–H groups in total. The van der Waals surface area contributed by atoms with Gasteiger partial charge >= 0.3 is 0 Å². The first-order valence-corrected chi connectivity index (χ1v) is 9.04. The number of halogens is 2. The minimum absolute atomic E-state index is 0.0641. The molecular formula is C19H18BrFN2O3. The summed E-state index contributed by atoms with van der Waals surface area (Å²) in [6.07, 6.45) is 0.192. The largest absolute Gasteiger partial charge is 0.492 e. The molecule has 7 heteroatoms. The van der Waals surface area contributed by atoms with E-state index >= 15 is 0 Å². The van der Waals surface area contributed by atoms with Crippen molar-refractivity contribution in [1.82, 2.24) is 5.32 Å². The van der Waals surface area contributed by atoms with E-state index in [1.54, 1.807) is 4.90 Å². The molecule has 5 nitrogen and oxygen atoms in total. The molecule has 1 unspecified atom stereocenters. The lowest BCUT2D eigenvalue weighted by atomic mass is 10.1. The van der Waals surface area contributed by atoms with Gasteiger partial charge < -0.3 is 15.0 Å². The summed E-state index contributed by atoms with van der Waals surface area (Å²) in [6.45, 7) is 0.950. The van der Waals surface area contributed by atoms with Gasteiger partial charge in [0.15, 0.2) is 0 Å². The van der Waals surface area contributed by atoms with Crippen LogP contribution in [-0.2, 0) is 9.59 Å². The molecule has 26 heavy (non-hydrogen) atoms. The molecule has 2 amide bonds. The maximum atomic E-state index is 12.8. The maximum absolute atomic E-state index is 12.8. The molecule has 1 heterocycles. The van der Waals surface area contributed by atoms with Crippen molar-refractivity contribution >= 4 is 33.4 Å². The third kappa shape index (κ3) is 4.60. The van der Waals surface area contributed by atoms with Crippen LogP contribution in [0.4, 0.5) is 10.1 Å². The van der Waals surface area contributed by atoms with Gasteiger partial charge in [-0.05, 0) is 42.5 Å². The molecule has 1 aliphatic heterocycles. The number of carbonyl (C=O) groups excluding carboxylic acids is 2. The first kappa shape index (κ1) is 18.4. The third-order valence-electron chi connectivity index (χ3n) is 4.10. The molecule has 0 saturated carbocycles. The van der Waals surface area contributed by atoms with E-state index in [4.69, 9.17) is 4.74 Å². The smallest absolute Gasteiger partial charge is 0.227 e. The summed E-state index contributed by atoms with van der Waals surface area (Å²) in [6, 6.07) is 13.1. The maximum Gasteiger partial charge on any atom is 0.227 e. The van der Waals surface area contributed by atoms with Crippen molar-refractivity contribution in [3.8, 4) is 5.75 Å². The van der Waals surface area contributed by atoms with E-state index in [1.807, 2.05) is 24.3 Å². The lowest BCUT2D eigenvalue weighted by Gasteiger charge is -2.17.